The number of nitrogens with one attached hydrogen (secondary N) is 2. The smallest absolute Gasteiger partial charge is 0.251 e. The van der Waals surface area contributed by atoms with Crippen molar-refractivity contribution in [2.75, 3.05) is 27.2 Å². The molecule has 0 radical (unpaired) electrons. The van der Waals surface area contributed by atoms with Gasteiger partial charge < -0.3 is 20.3 Å². The minimum atomic E-state index is -0.266. The SMILES string of the molecule is CN=C(NCc1cccc(C(=O)NC(C)(C)C)c1)N(C)CCOc1ccccc1. The predicted molar refractivity (Wildman–Crippen MR) is 118 cm³/mol. The molecule has 0 bridgehead atoms. The van der Waals surface area contributed by atoms with Crippen LogP contribution in [0.1, 0.15) is 36.7 Å². The lowest BCUT2D eigenvalue weighted by Gasteiger charge is -2.22. The van der Waals surface area contributed by atoms with Gasteiger partial charge in [-0.15, -0.1) is 0 Å². The summed E-state index contributed by atoms with van der Waals surface area (Å²) in [4.78, 5) is 18.7. The van der Waals surface area contributed by atoms with E-state index in [9.17, 15) is 4.79 Å². The van der Waals surface area contributed by atoms with E-state index in [-0.39, 0.29) is 11.4 Å². The molecule has 0 unspecified atom stereocenters. The second-order valence-corrected chi connectivity index (χ2v) is 7.89. The fourth-order valence-electron chi connectivity index (χ4n) is 2.72. The number of rotatable bonds is 7. The Hall–Kier alpha value is -3.02. The number of likely N-dealkylation sites (N-methyl/N-ethyl adjacent to an activating group) is 1. The number of amides is 1. The standard InChI is InChI=1S/C23H32N4O2/c1-23(2,3)26-21(28)19-11-9-10-18(16-19)17-25-22(24-4)27(5)14-15-29-20-12-7-6-8-13-20/h6-13,16H,14-15,17H2,1-5H3,(H,24,25)(H,26,28). The first-order valence-electron chi connectivity index (χ1n) is 9.79. The van der Waals surface area contributed by atoms with E-state index in [1.807, 2.05) is 87.3 Å². The summed E-state index contributed by atoms with van der Waals surface area (Å²) in [6.45, 7) is 7.74. The molecule has 0 spiro atoms. The topological polar surface area (TPSA) is 66.0 Å². The lowest BCUT2D eigenvalue weighted by Crippen LogP contribution is -2.41. The van der Waals surface area contributed by atoms with Gasteiger partial charge in [0.15, 0.2) is 5.96 Å². The number of nitrogens with zero attached hydrogens (tertiary/aromatic N) is 2. The molecule has 2 aromatic rings. The van der Waals surface area contributed by atoms with Gasteiger partial charge in [0.2, 0.25) is 0 Å². The maximum atomic E-state index is 12.4. The zero-order valence-corrected chi connectivity index (χ0v) is 18.0. The van der Waals surface area contributed by atoms with E-state index in [1.54, 1.807) is 7.05 Å². The third-order valence-electron chi connectivity index (χ3n) is 4.14. The van der Waals surface area contributed by atoms with E-state index in [0.717, 1.165) is 17.3 Å². The lowest BCUT2D eigenvalue weighted by molar-refractivity contribution is 0.0919. The van der Waals surface area contributed by atoms with E-state index in [2.05, 4.69) is 15.6 Å². The monoisotopic (exact) mass is 396 g/mol. The number of benzene rings is 2. The third kappa shape index (κ3) is 7.86. The number of hydrogen-bond acceptors (Lipinski definition) is 3. The van der Waals surface area contributed by atoms with Crippen LogP contribution in [0.25, 0.3) is 0 Å². The second-order valence-electron chi connectivity index (χ2n) is 7.89. The summed E-state index contributed by atoms with van der Waals surface area (Å²) in [6, 6.07) is 17.4. The zero-order chi connectivity index (χ0) is 21.3. The van der Waals surface area contributed by atoms with Gasteiger partial charge in [-0.3, -0.25) is 9.79 Å². The molecule has 0 saturated heterocycles. The van der Waals surface area contributed by atoms with Gasteiger partial charge in [-0.05, 0) is 50.6 Å². The summed E-state index contributed by atoms with van der Waals surface area (Å²) in [5.74, 6) is 1.55. The van der Waals surface area contributed by atoms with Gasteiger partial charge >= 0.3 is 0 Å². The van der Waals surface area contributed by atoms with Gasteiger partial charge in [0.1, 0.15) is 12.4 Å². The van der Waals surface area contributed by atoms with Crippen molar-refractivity contribution in [3.8, 4) is 5.75 Å². The van der Waals surface area contributed by atoms with Gasteiger partial charge in [0.25, 0.3) is 5.91 Å². The summed E-state index contributed by atoms with van der Waals surface area (Å²) in [5, 5.41) is 6.33. The fourth-order valence-corrected chi connectivity index (χ4v) is 2.72. The molecule has 156 valence electrons. The minimum absolute atomic E-state index is 0.0705. The normalized spacial score (nSPS) is 11.7. The summed E-state index contributed by atoms with van der Waals surface area (Å²) in [7, 11) is 3.72. The first kappa shape index (κ1) is 22.3. The third-order valence-corrected chi connectivity index (χ3v) is 4.14. The number of guanidine groups is 1. The van der Waals surface area contributed by atoms with Crippen LogP contribution in [0.5, 0.6) is 5.75 Å². The van der Waals surface area contributed by atoms with Crippen molar-refractivity contribution in [2.45, 2.75) is 32.9 Å². The highest BCUT2D eigenvalue weighted by molar-refractivity contribution is 5.94. The highest BCUT2D eigenvalue weighted by Gasteiger charge is 2.15. The van der Waals surface area contributed by atoms with Crippen LogP contribution < -0.4 is 15.4 Å². The van der Waals surface area contributed by atoms with Crippen LogP contribution in [-0.2, 0) is 6.54 Å². The van der Waals surface area contributed by atoms with E-state index in [4.69, 9.17) is 4.74 Å². The van der Waals surface area contributed by atoms with E-state index in [0.29, 0.717) is 25.3 Å². The number of carbonyl (C=O) groups excluding carboxylic acids is 1. The van der Waals surface area contributed by atoms with Crippen molar-refractivity contribution in [3.63, 3.8) is 0 Å². The van der Waals surface area contributed by atoms with Gasteiger partial charge in [0.05, 0.1) is 6.54 Å². The first-order chi connectivity index (χ1) is 13.8. The Morgan fingerprint density at radius 3 is 2.48 bits per heavy atom. The molecule has 1 amide bonds. The van der Waals surface area contributed by atoms with Crippen molar-refractivity contribution in [1.82, 2.24) is 15.5 Å². The molecule has 0 aromatic heterocycles. The van der Waals surface area contributed by atoms with Crippen molar-refractivity contribution in [1.29, 1.82) is 0 Å². The summed E-state index contributed by atoms with van der Waals surface area (Å²) < 4.78 is 5.75. The molecule has 6 nitrogen and oxygen atoms in total. The van der Waals surface area contributed by atoms with Gasteiger partial charge in [-0.2, -0.15) is 0 Å². The van der Waals surface area contributed by atoms with Crippen LogP contribution in [0.4, 0.5) is 0 Å². The fraction of sp³-hybridized carbons (Fsp3) is 0.391. The molecule has 29 heavy (non-hydrogen) atoms. The van der Waals surface area contributed by atoms with Crippen LogP contribution >= 0.6 is 0 Å². The van der Waals surface area contributed by atoms with E-state index >= 15 is 0 Å². The Labute approximate surface area is 174 Å². The summed E-state index contributed by atoms with van der Waals surface area (Å²) in [6.07, 6.45) is 0. The number of ether oxygens (including phenoxy) is 1. The second kappa shape index (κ2) is 10.5. The molecule has 0 atom stereocenters. The van der Waals surface area contributed by atoms with Crippen LogP contribution in [-0.4, -0.2) is 49.6 Å². The van der Waals surface area contributed by atoms with Crippen molar-refractivity contribution in [2.24, 2.45) is 4.99 Å². The quantitative estimate of drug-likeness (QED) is 0.557. The number of carbonyl (C=O) groups is 1. The molecular formula is C23H32N4O2. The summed E-state index contributed by atoms with van der Waals surface area (Å²) >= 11 is 0. The Morgan fingerprint density at radius 1 is 1.10 bits per heavy atom. The van der Waals surface area contributed by atoms with Crippen molar-refractivity contribution >= 4 is 11.9 Å². The molecule has 0 aliphatic rings. The zero-order valence-electron chi connectivity index (χ0n) is 18.0. The molecule has 2 aromatic carbocycles. The van der Waals surface area contributed by atoms with Crippen LogP contribution in [0.15, 0.2) is 59.6 Å². The predicted octanol–water partition coefficient (Wildman–Crippen LogP) is 3.30. The number of para-hydroxylation sites is 1. The van der Waals surface area contributed by atoms with Crippen LogP contribution in [0.3, 0.4) is 0 Å². The van der Waals surface area contributed by atoms with Gasteiger partial charge in [-0.1, -0.05) is 30.3 Å². The largest absolute Gasteiger partial charge is 0.492 e. The van der Waals surface area contributed by atoms with Crippen LogP contribution in [0.2, 0.25) is 0 Å². The lowest BCUT2D eigenvalue weighted by atomic mass is 10.1. The highest BCUT2D eigenvalue weighted by Crippen LogP contribution is 2.09. The van der Waals surface area contributed by atoms with Crippen LogP contribution in [0, 0.1) is 0 Å². The Balaban J connectivity index is 1.86. The maximum absolute atomic E-state index is 12.4. The Kier molecular flexibility index (Phi) is 8.07. The molecule has 0 aliphatic heterocycles. The average Bonchev–Trinajstić information content (AvgIpc) is 2.68. The summed E-state index contributed by atoms with van der Waals surface area (Å²) in [5.41, 5.74) is 1.40. The van der Waals surface area contributed by atoms with Crippen molar-refractivity contribution < 1.29 is 9.53 Å². The van der Waals surface area contributed by atoms with E-state index in [1.165, 1.54) is 0 Å². The maximum Gasteiger partial charge on any atom is 0.251 e. The van der Waals surface area contributed by atoms with Gasteiger partial charge in [0, 0.05) is 31.7 Å². The molecule has 0 aliphatic carbocycles. The average molecular weight is 397 g/mol. The molecule has 2 rings (SSSR count). The van der Waals surface area contributed by atoms with E-state index < -0.39 is 0 Å². The molecule has 0 heterocycles. The molecule has 0 saturated carbocycles. The number of hydrogen-bond donors (Lipinski definition) is 2. The van der Waals surface area contributed by atoms with Crippen molar-refractivity contribution in [3.05, 3.63) is 65.7 Å². The first-order valence-corrected chi connectivity index (χ1v) is 9.79. The molecule has 2 N–H and O–H groups in total. The Bertz CT molecular complexity index is 813. The molecule has 0 fully saturated rings. The highest BCUT2D eigenvalue weighted by atomic mass is 16.5. The minimum Gasteiger partial charge on any atom is -0.492 e. The Morgan fingerprint density at radius 2 is 1.83 bits per heavy atom. The molecular weight excluding hydrogens is 364 g/mol. The van der Waals surface area contributed by atoms with Gasteiger partial charge in [-0.25, -0.2) is 0 Å². The number of aliphatic imine (C=N–C) groups is 1. The molecule has 6 heteroatoms.